The van der Waals surface area contributed by atoms with Crippen LogP contribution in [0.1, 0.15) is 19.3 Å². The van der Waals surface area contributed by atoms with E-state index in [9.17, 15) is 4.79 Å². The molecule has 0 spiro atoms. The van der Waals surface area contributed by atoms with Gasteiger partial charge in [0.1, 0.15) is 0 Å². The second kappa shape index (κ2) is 4.31. The smallest absolute Gasteiger partial charge is 0.234 e. The lowest BCUT2D eigenvalue weighted by Gasteiger charge is -2.20. The van der Waals surface area contributed by atoms with Crippen molar-refractivity contribution in [3.05, 3.63) is 0 Å². The summed E-state index contributed by atoms with van der Waals surface area (Å²) >= 11 is 0. The van der Waals surface area contributed by atoms with Crippen LogP contribution in [0.25, 0.3) is 0 Å². The van der Waals surface area contributed by atoms with Crippen LogP contribution in [0, 0.1) is 5.92 Å². The fraction of sp³-hybridized carbons (Fsp3) is 0.857. The zero-order chi connectivity index (χ0) is 8.10. The molecule has 0 saturated carbocycles. The second-order valence-electron chi connectivity index (χ2n) is 2.83. The van der Waals surface area contributed by atoms with Gasteiger partial charge in [-0.15, -0.1) is 0 Å². The van der Waals surface area contributed by atoms with Crippen molar-refractivity contribution in [2.24, 2.45) is 11.8 Å². The third-order valence-electron chi connectivity index (χ3n) is 1.98. The van der Waals surface area contributed by atoms with Crippen LogP contribution in [0.4, 0.5) is 0 Å². The van der Waals surface area contributed by atoms with Gasteiger partial charge in [-0.2, -0.15) is 0 Å². The molecule has 1 saturated heterocycles. The Kier molecular flexibility index (Phi) is 3.32. The minimum atomic E-state index is -0.0723. The number of nitrogens with two attached hydrogens (primary N) is 1. The first-order valence-electron chi connectivity index (χ1n) is 3.90. The van der Waals surface area contributed by atoms with Crippen molar-refractivity contribution in [2.45, 2.75) is 19.3 Å². The highest BCUT2D eigenvalue weighted by Crippen LogP contribution is 2.17. The highest BCUT2D eigenvalue weighted by molar-refractivity contribution is 5.75. The number of amides is 1. The Balaban J connectivity index is 2.19. The maximum Gasteiger partial charge on any atom is 0.234 e. The SMILES string of the molecule is NNC(=O)CC1CCOCC1. The Hall–Kier alpha value is -0.610. The van der Waals surface area contributed by atoms with E-state index in [4.69, 9.17) is 10.6 Å². The van der Waals surface area contributed by atoms with Crippen LogP contribution < -0.4 is 11.3 Å². The first-order valence-corrected chi connectivity index (χ1v) is 3.90. The summed E-state index contributed by atoms with van der Waals surface area (Å²) in [4.78, 5) is 10.8. The van der Waals surface area contributed by atoms with Crippen LogP contribution in [-0.4, -0.2) is 19.1 Å². The van der Waals surface area contributed by atoms with Gasteiger partial charge in [-0.25, -0.2) is 5.84 Å². The Labute approximate surface area is 66.1 Å². The molecule has 0 bridgehead atoms. The number of hydrogen-bond acceptors (Lipinski definition) is 3. The van der Waals surface area contributed by atoms with Crippen LogP contribution in [0.15, 0.2) is 0 Å². The number of nitrogens with one attached hydrogen (secondary N) is 1. The van der Waals surface area contributed by atoms with Crippen molar-refractivity contribution < 1.29 is 9.53 Å². The van der Waals surface area contributed by atoms with E-state index in [0.29, 0.717) is 12.3 Å². The van der Waals surface area contributed by atoms with Crippen molar-refractivity contribution in [1.82, 2.24) is 5.43 Å². The lowest BCUT2D eigenvalue weighted by Crippen LogP contribution is -2.32. The molecule has 1 rings (SSSR count). The average molecular weight is 158 g/mol. The van der Waals surface area contributed by atoms with E-state index in [-0.39, 0.29) is 5.91 Å². The summed E-state index contributed by atoms with van der Waals surface area (Å²) in [7, 11) is 0. The zero-order valence-electron chi connectivity index (χ0n) is 6.51. The molecule has 0 aromatic rings. The van der Waals surface area contributed by atoms with Gasteiger partial charge in [0.2, 0.25) is 5.91 Å². The van der Waals surface area contributed by atoms with Crippen LogP contribution in [0.3, 0.4) is 0 Å². The predicted molar refractivity (Wildman–Crippen MR) is 40.5 cm³/mol. The Morgan fingerprint density at radius 1 is 1.55 bits per heavy atom. The second-order valence-corrected chi connectivity index (χ2v) is 2.83. The molecule has 1 heterocycles. The van der Waals surface area contributed by atoms with Crippen molar-refractivity contribution >= 4 is 5.91 Å². The van der Waals surface area contributed by atoms with Crippen LogP contribution in [0.2, 0.25) is 0 Å². The van der Waals surface area contributed by atoms with Gasteiger partial charge in [0.05, 0.1) is 0 Å². The van der Waals surface area contributed by atoms with Crippen LogP contribution >= 0.6 is 0 Å². The van der Waals surface area contributed by atoms with Gasteiger partial charge in [-0.05, 0) is 18.8 Å². The molecule has 0 unspecified atom stereocenters. The maximum absolute atomic E-state index is 10.8. The minimum Gasteiger partial charge on any atom is -0.381 e. The Morgan fingerprint density at radius 2 is 2.18 bits per heavy atom. The van der Waals surface area contributed by atoms with Gasteiger partial charge in [0.25, 0.3) is 0 Å². The Bertz CT molecular complexity index is 132. The number of carbonyl (C=O) groups is 1. The van der Waals surface area contributed by atoms with Gasteiger partial charge in [-0.3, -0.25) is 10.2 Å². The summed E-state index contributed by atoms with van der Waals surface area (Å²) in [6, 6.07) is 0. The van der Waals surface area contributed by atoms with E-state index < -0.39 is 0 Å². The molecule has 4 nitrogen and oxygen atoms in total. The van der Waals surface area contributed by atoms with Gasteiger partial charge >= 0.3 is 0 Å². The molecule has 64 valence electrons. The van der Waals surface area contributed by atoms with Crippen molar-refractivity contribution in [3.63, 3.8) is 0 Å². The standard InChI is InChI=1S/C7H14N2O2/c8-9-7(10)5-6-1-3-11-4-2-6/h6H,1-5,8H2,(H,9,10). The summed E-state index contributed by atoms with van der Waals surface area (Å²) in [6.07, 6.45) is 2.50. The quantitative estimate of drug-likeness (QED) is 0.332. The molecule has 1 fully saturated rings. The molecule has 0 atom stereocenters. The number of carbonyl (C=O) groups excluding carboxylic acids is 1. The highest BCUT2D eigenvalue weighted by Gasteiger charge is 2.16. The largest absolute Gasteiger partial charge is 0.381 e. The molecule has 0 radical (unpaired) electrons. The first-order chi connectivity index (χ1) is 5.33. The number of ether oxygens (including phenoxy) is 1. The van der Waals surface area contributed by atoms with Crippen molar-refractivity contribution in [2.75, 3.05) is 13.2 Å². The molecular weight excluding hydrogens is 144 g/mol. The van der Waals surface area contributed by atoms with E-state index >= 15 is 0 Å². The van der Waals surface area contributed by atoms with E-state index in [1.165, 1.54) is 0 Å². The van der Waals surface area contributed by atoms with Crippen LogP contribution in [0.5, 0.6) is 0 Å². The molecule has 1 aliphatic rings. The average Bonchev–Trinajstić information content (AvgIpc) is 2.06. The summed E-state index contributed by atoms with van der Waals surface area (Å²) in [5, 5.41) is 0. The first kappa shape index (κ1) is 8.49. The molecule has 11 heavy (non-hydrogen) atoms. The molecule has 4 heteroatoms. The third-order valence-corrected chi connectivity index (χ3v) is 1.98. The molecule has 0 aromatic carbocycles. The normalized spacial score (nSPS) is 19.7. The lowest BCUT2D eigenvalue weighted by molar-refractivity contribution is -0.122. The van der Waals surface area contributed by atoms with Gasteiger partial charge in [0, 0.05) is 19.6 Å². The number of rotatable bonds is 2. The summed E-state index contributed by atoms with van der Waals surface area (Å²) in [5.41, 5.74) is 2.13. The monoisotopic (exact) mass is 158 g/mol. The van der Waals surface area contributed by atoms with Gasteiger partial charge in [0.15, 0.2) is 0 Å². The topological polar surface area (TPSA) is 64.3 Å². The van der Waals surface area contributed by atoms with E-state index in [0.717, 1.165) is 26.1 Å². The molecule has 1 amide bonds. The summed E-state index contributed by atoms with van der Waals surface area (Å²) < 4.78 is 5.15. The molecule has 0 aromatic heterocycles. The predicted octanol–water partition coefficient (Wildman–Crippen LogP) is -0.207. The maximum atomic E-state index is 10.8. The zero-order valence-corrected chi connectivity index (χ0v) is 6.51. The summed E-state index contributed by atoms with van der Waals surface area (Å²) in [6.45, 7) is 1.56. The molecule has 3 N–H and O–H groups in total. The molecule has 1 aliphatic heterocycles. The Morgan fingerprint density at radius 3 is 2.73 bits per heavy atom. The van der Waals surface area contributed by atoms with E-state index in [1.807, 2.05) is 0 Å². The van der Waals surface area contributed by atoms with Crippen LogP contribution in [-0.2, 0) is 9.53 Å². The molecule has 0 aliphatic carbocycles. The number of hydrogen-bond donors (Lipinski definition) is 2. The lowest BCUT2D eigenvalue weighted by atomic mass is 9.96. The van der Waals surface area contributed by atoms with E-state index in [1.54, 1.807) is 0 Å². The van der Waals surface area contributed by atoms with Crippen molar-refractivity contribution in [3.8, 4) is 0 Å². The molecular formula is C7H14N2O2. The van der Waals surface area contributed by atoms with Gasteiger partial charge in [-0.1, -0.05) is 0 Å². The summed E-state index contributed by atoms with van der Waals surface area (Å²) in [5.74, 6) is 5.35. The van der Waals surface area contributed by atoms with Crippen molar-refractivity contribution in [1.29, 1.82) is 0 Å². The van der Waals surface area contributed by atoms with E-state index in [2.05, 4.69) is 5.43 Å². The fourth-order valence-electron chi connectivity index (χ4n) is 1.27. The van der Waals surface area contributed by atoms with Gasteiger partial charge < -0.3 is 4.74 Å². The fourth-order valence-corrected chi connectivity index (χ4v) is 1.27. The highest BCUT2D eigenvalue weighted by atomic mass is 16.5. The number of hydrazine groups is 1. The minimum absolute atomic E-state index is 0.0723. The third kappa shape index (κ3) is 2.86.